The molecule has 0 aromatic rings. The summed E-state index contributed by atoms with van der Waals surface area (Å²) in [5.74, 6) is 0.578. The lowest BCUT2D eigenvalue weighted by molar-refractivity contribution is -0.140. The van der Waals surface area contributed by atoms with Gasteiger partial charge in [0.1, 0.15) is 0 Å². The van der Waals surface area contributed by atoms with Crippen LogP contribution in [0.4, 0.5) is 0 Å². The normalized spacial score (nSPS) is 34.7. The lowest BCUT2D eigenvalue weighted by atomic mass is 9.95. The lowest BCUT2D eigenvalue weighted by Gasteiger charge is -2.04. The van der Waals surface area contributed by atoms with Crippen molar-refractivity contribution in [2.45, 2.75) is 20.3 Å². The summed E-state index contributed by atoms with van der Waals surface area (Å²) in [4.78, 5) is 10.7. The SMILES string of the molecule is CCC1COC(=O)C1C. The number of esters is 1. The van der Waals surface area contributed by atoms with E-state index in [4.69, 9.17) is 4.74 Å². The third-order valence-electron chi connectivity index (χ3n) is 2.04. The Bertz CT molecular complexity index is 120. The fourth-order valence-corrected chi connectivity index (χ4v) is 1.13. The number of rotatable bonds is 1. The molecule has 1 aliphatic rings. The third kappa shape index (κ3) is 1.07. The molecule has 9 heavy (non-hydrogen) atoms. The van der Waals surface area contributed by atoms with Crippen LogP contribution in [0.1, 0.15) is 20.3 Å². The van der Waals surface area contributed by atoms with E-state index in [1.807, 2.05) is 6.92 Å². The molecule has 0 spiro atoms. The van der Waals surface area contributed by atoms with E-state index in [0.29, 0.717) is 12.5 Å². The minimum atomic E-state index is -0.0261. The Labute approximate surface area is 55.2 Å². The zero-order valence-corrected chi connectivity index (χ0v) is 5.89. The molecular weight excluding hydrogens is 116 g/mol. The van der Waals surface area contributed by atoms with Crippen molar-refractivity contribution >= 4 is 5.97 Å². The minimum absolute atomic E-state index is 0.0261. The topological polar surface area (TPSA) is 26.3 Å². The summed E-state index contributed by atoms with van der Waals surface area (Å²) >= 11 is 0. The van der Waals surface area contributed by atoms with Gasteiger partial charge in [-0.25, -0.2) is 0 Å². The molecule has 2 heteroatoms. The Balaban J connectivity index is 2.51. The van der Waals surface area contributed by atoms with Gasteiger partial charge in [-0.3, -0.25) is 4.79 Å². The predicted molar refractivity (Wildman–Crippen MR) is 33.9 cm³/mol. The van der Waals surface area contributed by atoms with E-state index in [2.05, 4.69) is 6.92 Å². The molecule has 2 atom stereocenters. The lowest BCUT2D eigenvalue weighted by Crippen LogP contribution is -2.10. The van der Waals surface area contributed by atoms with Crippen LogP contribution in [0.3, 0.4) is 0 Å². The van der Waals surface area contributed by atoms with E-state index in [1.54, 1.807) is 0 Å². The molecule has 0 amide bonds. The van der Waals surface area contributed by atoms with Crippen molar-refractivity contribution in [1.29, 1.82) is 0 Å². The Hall–Kier alpha value is -0.530. The van der Waals surface area contributed by atoms with E-state index >= 15 is 0 Å². The molecule has 0 radical (unpaired) electrons. The summed E-state index contributed by atoms with van der Waals surface area (Å²) in [6, 6.07) is 0. The standard InChI is InChI=1S/C7H12O2/c1-3-6-4-9-7(8)5(6)2/h5-6H,3-4H2,1-2H3. The third-order valence-corrected chi connectivity index (χ3v) is 2.04. The van der Waals surface area contributed by atoms with Gasteiger partial charge in [0.25, 0.3) is 0 Å². The minimum Gasteiger partial charge on any atom is -0.465 e. The first-order valence-electron chi connectivity index (χ1n) is 3.42. The number of hydrogen-bond donors (Lipinski definition) is 0. The maximum Gasteiger partial charge on any atom is 0.309 e. The zero-order chi connectivity index (χ0) is 6.85. The van der Waals surface area contributed by atoms with Crippen molar-refractivity contribution in [2.75, 3.05) is 6.61 Å². The molecule has 1 heterocycles. The van der Waals surface area contributed by atoms with Gasteiger partial charge in [0.15, 0.2) is 0 Å². The number of hydrogen-bond acceptors (Lipinski definition) is 2. The van der Waals surface area contributed by atoms with Gasteiger partial charge in [-0.05, 0) is 6.42 Å². The molecule has 1 fully saturated rings. The van der Waals surface area contributed by atoms with Gasteiger partial charge in [0.05, 0.1) is 12.5 Å². The van der Waals surface area contributed by atoms with E-state index in [-0.39, 0.29) is 11.9 Å². The van der Waals surface area contributed by atoms with Crippen LogP contribution < -0.4 is 0 Å². The summed E-state index contributed by atoms with van der Waals surface area (Å²) < 4.78 is 4.83. The fourth-order valence-electron chi connectivity index (χ4n) is 1.13. The molecule has 0 bridgehead atoms. The highest BCUT2D eigenvalue weighted by Crippen LogP contribution is 2.23. The molecule has 2 unspecified atom stereocenters. The van der Waals surface area contributed by atoms with E-state index in [0.717, 1.165) is 6.42 Å². The highest BCUT2D eigenvalue weighted by Gasteiger charge is 2.31. The van der Waals surface area contributed by atoms with Gasteiger partial charge in [-0.1, -0.05) is 13.8 Å². The monoisotopic (exact) mass is 128 g/mol. The summed E-state index contributed by atoms with van der Waals surface area (Å²) in [5, 5.41) is 0. The molecule has 0 saturated carbocycles. The summed E-state index contributed by atoms with van der Waals surface area (Å²) in [6.45, 7) is 4.66. The van der Waals surface area contributed by atoms with Crippen LogP contribution in [-0.4, -0.2) is 12.6 Å². The smallest absolute Gasteiger partial charge is 0.309 e. The van der Waals surface area contributed by atoms with E-state index in [9.17, 15) is 4.79 Å². The van der Waals surface area contributed by atoms with Crippen LogP contribution in [0.15, 0.2) is 0 Å². The van der Waals surface area contributed by atoms with Crippen LogP contribution in [0.25, 0.3) is 0 Å². The first-order chi connectivity index (χ1) is 4.25. The van der Waals surface area contributed by atoms with Crippen LogP contribution in [-0.2, 0) is 9.53 Å². The molecule has 2 nitrogen and oxygen atoms in total. The van der Waals surface area contributed by atoms with Crippen molar-refractivity contribution in [1.82, 2.24) is 0 Å². The van der Waals surface area contributed by atoms with Crippen LogP contribution in [0.2, 0.25) is 0 Å². The average Bonchev–Trinajstić information content (AvgIpc) is 2.15. The maximum atomic E-state index is 10.7. The highest BCUT2D eigenvalue weighted by molar-refractivity contribution is 5.74. The molecule has 0 aromatic heterocycles. The molecule has 52 valence electrons. The second-order valence-electron chi connectivity index (χ2n) is 2.59. The van der Waals surface area contributed by atoms with Gasteiger partial charge < -0.3 is 4.74 Å². The van der Waals surface area contributed by atoms with Crippen molar-refractivity contribution < 1.29 is 9.53 Å². The van der Waals surface area contributed by atoms with Gasteiger partial charge >= 0.3 is 5.97 Å². The first kappa shape index (κ1) is 6.59. The highest BCUT2D eigenvalue weighted by atomic mass is 16.5. The average molecular weight is 128 g/mol. The Morgan fingerprint density at radius 3 is 2.67 bits per heavy atom. The number of carbonyl (C=O) groups excluding carboxylic acids is 1. The molecule has 0 aromatic carbocycles. The van der Waals surface area contributed by atoms with Gasteiger partial charge in [0, 0.05) is 5.92 Å². The number of carbonyl (C=O) groups is 1. The van der Waals surface area contributed by atoms with Crippen molar-refractivity contribution in [3.05, 3.63) is 0 Å². The Morgan fingerprint density at radius 2 is 2.44 bits per heavy atom. The summed E-state index contributed by atoms with van der Waals surface area (Å²) in [5.41, 5.74) is 0. The second kappa shape index (κ2) is 2.38. The quantitative estimate of drug-likeness (QED) is 0.496. The van der Waals surface area contributed by atoms with Crippen LogP contribution in [0, 0.1) is 11.8 Å². The van der Waals surface area contributed by atoms with Gasteiger partial charge in [0.2, 0.25) is 0 Å². The second-order valence-corrected chi connectivity index (χ2v) is 2.59. The molecule has 1 saturated heterocycles. The number of cyclic esters (lactones) is 1. The molecule has 1 rings (SSSR count). The Kier molecular flexibility index (Phi) is 1.74. The summed E-state index contributed by atoms with van der Waals surface area (Å²) in [7, 11) is 0. The zero-order valence-electron chi connectivity index (χ0n) is 5.89. The Morgan fingerprint density at radius 1 is 1.78 bits per heavy atom. The van der Waals surface area contributed by atoms with E-state index < -0.39 is 0 Å². The summed E-state index contributed by atoms with van der Waals surface area (Å²) in [6.07, 6.45) is 1.05. The van der Waals surface area contributed by atoms with Gasteiger partial charge in [-0.15, -0.1) is 0 Å². The van der Waals surface area contributed by atoms with Crippen LogP contribution >= 0.6 is 0 Å². The number of ether oxygens (including phenoxy) is 1. The van der Waals surface area contributed by atoms with Crippen molar-refractivity contribution in [2.24, 2.45) is 11.8 Å². The first-order valence-corrected chi connectivity index (χ1v) is 3.42. The van der Waals surface area contributed by atoms with Crippen molar-refractivity contribution in [3.63, 3.8) is 0 Å². The largest absolute Gasteiger partial charge is 0.465 e. The molecule has 0 N–H and O–H groups in total. The van der Waals surface area contributed by atoms with Gasteiger partial charge in [-0.2, -0.15) is 0 Å². The molecule has 0 aliphatic carbocycles. The van der Waals surface area contributed by atoms with E-state index in [1.165, 1.54) is 0 Å². The van der Waals surface area contributed by atoms with Crippen LogP contribution in [0.5, 0.6) is 0 Å². The maximum absolute atomic E-state index is 10.7. The molecule has 1 aliphatic heterocycles. The van der Waals surface area contributed by atoms with Crippen molar-refractivity contribution in [3.8, 4) is 0 Å². The predicted octanol–water partition coefficient (Wildman–Crippen LogP) is 1.21. The fraction of sp³-hybridized carbons (Fsp3) is 0.857. The molecular formula is C7H12O2.